The molecule has 0 radical (unpaired) electrons. The van der Waals surface area contributed by atoms with E-state index in [9.17, 15) is 0 Å². The second-order valence-corrected chi connectivity index (χ2v) is 14.9. The fraction of sp³-hybridized carbons (Fsp3) is 0. The Labute approximate surface area is 329 Å². The van der Waals surface area contributed by atoms with Crippen molar-refractivity contribution in [3.63, 3.8) is 0 Å². The maximum atomic E-state index is 2.52. The molecule has 12 aromatic rings. The zero-order valence-corrected chi connectivity index (χ0v) is 31.0. The van der Waals surface area contributed by atoms with Gasteiger partial charge < -0.3 is 13.7 Å². The highest BCUT2D eigenvalue weighted by atomic mass is 15.0. The molecule has 0 atom stereocenters. The van der Waals surface area contributed by atoms with Gasteiger partial charge in [0, 0.05) is 49.4 Å². The number of benzene rings is 9. The first-order valence-corrected chi connectivity index (χ1v) is 19.6. The molecule has 0 aliphatic rings. The van der Waals surface area contributed by atoms with Crippen molar-refractivity contribution in [2.75, 3.05) is 0 Å². The molecule has 0 fully saturated rings. The van der Waals surface area contributed by atoms with Gasteiger partial charge in [-0.15, -0.1) is 0 Å². The predicted molar refractivity (Wildman–Crippen MR) is 240 cm³/mol. The van der Waals surface area contributed by atoms with Crippen molar-refractivity contribution >= 4 is 65.4 Å². The minimum atomic E-state index is 1.14. The average Bonchev–Trinajstić information content (AvgIpc) is 3.92. The third-order valence-electron chi connectivity index (χ3n) is 11.8. The van der Waals surface area contributed by atoms with Gasteiger partial charge in [-0.05, 0) is 95.1 Å². The smallest absolute Gasteiger partial charge is 0.0641 e. The highest BCUT2D eigenvalue weighted by Crippen LogP contribution is 2.44. The quantitative estimate of drug-likeness (QED) is 0.168. The Kier molecular flexibility index (Phi) is 6.93. The van der Waals surface area contributed by atoms with Crippen molar-refractivity contribution in [1.29, 1.82) is 0 Å². The topological polar surface area (TPSA) is 14.8 Å². The summed E-state index contributed by atoms with van der Waals surface area (Å²) in [6.45, 7) is 0. The monoisotopic (exact) mass is 725 g/mol. The Morgan fingerprint density at radius 1 is 0.228 bits per heavy atom. The van der Waals surface area contributed by atoms with Crippen LogP contribution in [0.5, 0.6) is 0 Å². The van der Waals surface area contributed by atoms with Crippen LogP contribution >= 0.6 is 0 Å². The first-order valence-electron chi connectivity index (χ1n) is 19.6. The summed E-state index contributed by atoms with van der Waals surface area (Å²) in [7, 11) is 0. The molecule has 3 heteroatoms. The number of aromatic nitrogens is 3. The fourth-order valence-electron chi connectivity index (χ4n) is 9.32. The lowest BCUT2D eigenvalue weighted by molar-refractivity contribution is 1.17. The first-order chi connectivity index (χ1) is 28.3. The summed E-state index contributed by atoms with van der Waals surface area (Å²) in [5, 5.41) is 7.48. The molecule has 0 N–H and O–H groups in total. The van der Waals surface area contributed by atoms with E-state index in [1.165, 1.54) is 93.4 Å². The standard InChI is InChI=1S/C54H35N3/c1-4-15-36(16-5-1)37-17-14-22-42(33-37)57-52-35-39(38-28-31-50-47(34-38)43-23-10-12-25-48(43)55(50)40-18-6-2-7-19-40)27-29-44(52)45-30-32-51-53(54(45)57)46-24-11-13-26-49(46)56(51)41-20-8-3-9-21-41/h1-35H. The van der Waals surface area contributed by atoms with Gasteiger partial charge in [0.1, 0.15) is 0 Å². The van der Waals surface area contributed by atoms with Crippen LogP contribution in [0.4, 0.5) is 0 Å². The first kappa shape index (κ1) is 31.7. The normalized spacial score (nSPS) is 11.9. The molecular weight excluding hydrogens is 691 g/mol. The van der Waals surface area contributed by atoms with Crippen LogP contribution in [0, 0.1) is 0 Å². The summed E-state index contributed by atoms with van der Waals surface area (Å²) in [4.78, 5) is 0. The lowest BCUT2D eigenvalue weighted by Gasteiger charge is -2.12. The summed E-state index contributed by atoms with van der Waals surface area (Å²) >= 11 is 0. The molecule has 3 aromatic heterocycles. The van der Waals surface area contributed by atoms with Gasteiger partial charge in [-0.2, -0.15) is 0 Å². The Balaban J connectivity index is 1.16. The Morgan fingerprint density at radius 3 is 1.47 bits per heavy atom. The summed E-state index contributed by atoms with van der Waals surface area (Å²) in [6.07, 6.45) is 0. The number of hydrogen-bond donors (Lipinski definition) is 0. The fourth-order valence-corrected chi connectivity index (χ4v) is 9.32. The van der Waals surface area contributed by atoms with Crippen LogP contribution in [0.2, 0.25) is 0 Å². The van der Waals surface area contributed by atoms with Crippen molar-refractivity contribution in [1.82, 2.24) is 13.7 Å². The van der Waals surface area contributed by atoms with Crippen LogP contribution in [0.15, 0.2) is 212 Å². The minimum Gasteiger partial charge on any atom is -0.309 e. The van der Waals surface area contributed by atoms with E-state index in [4.69, 9.17) is 0 Å². The van der Waals surface area contributed by atoms with Crippen LogP contribution < -0.4 is 0 Å². The second kappa shape index (κ2) is 12.5. The lowest BCUT2D eigenvalue weighted by atomic mass is 10.0. The molecule has 12 rings (SSSR count). The van der Waals surface area contributed by atoms with Gasteiger partial charge in [-0.1, -0.05) is 140 Å². The molecular formula is C54H35N3. The maximum absolute atomic E-state index is 2.52. The number of para-hydroxylation sites is 4. The van der Waals surface area contributed by atoms with Crippen molar-refractivity contribution in [2.24, 2.45) is 0 Å². The van der Waals surface area contributed by atoms with E-state index in [1.807, 2.05) is 0 Å². The molecule has 0 aliphatic heterocycles. The number of fused-ring (bicyclic) bond motifs is 10. The molecule has 3 nitrogen and oxygen atoms in total. The zero-order valence-electron chi connectivity index (χ0n) is 31.0. The van der Waals surface area contributed by atoms with E-state index in [0.717, 1.165) is 11.4 Å². The maximum Gasteiger partial charge on any atom is 0.0641 e. The molecule has 57 heavy (non-hydrogen) atoms. The molecule has 0 unspecified atom stereocenters. The van der Waals surface area contributed by atoms with E-state index in [2.05, 4.69) is 226 Å². The molecule has 9 aromatic carbocycles. The average molecular weight is 726 g/mol. The molecule has 0 saturated carbocycles. The number of nitrogens with zero attached hydrogens (tertiary/aromatic N) is 3. The van der Waals surface area contributed by atoms with Crippen LogP contribution in [0.25, 0.3) is 105 Å². The number of hydrogen-bond acceptors (Lipinski definition) is 0. The summed E-state index contributed by atoms with van der Waals surface area (Å²) in [5.41, 5.74) is 15.5. The van der Waals surface area contributed by atoms with E-state index >= 15 is 0 Å². The summed E-state index contributed by atoms with van der Waals surface area (Å²) in [5.74, 6) is 0. The molecule has 0 aliphatic carbocycles. The van der Waals surface area contributed by atoms with Crippen LogP contribution in [-0.2, 0) is 0 Å². The largest absolute Gasteiger partial charge is 0.309 e. The highest BCUT2D eigenvalue weighted by Gasteiger charge is 2.22. The van der Waals surface area contributed by atoms with E-state index in [1.54, 1.807) is 0 Å². The molecule has 266 valence electrons. The van der Waals surface area contributed by atoms with E-state index in [-0.39, 0.29) is 0 Å². The Hall–Kier alpha value is -7.62. The van der Waals surface area contributed by atoms with Gasteiger partial charge in [0.2, 0.25) is 0 Å². The second-order valence-electron chi connectivity index (χ2n) is 14.9. The van der Waals surface area contributed by atoms with Crippen molar-refractivity contribution in [3.05, 3.63) is 212 Å². The molecule has 0 amide bonds. The molecule has 3 heterocycles. The van der Waals surface area contributed by atoms with Crippen molar-refractivity contribution in [2.45, 2.75) is 0 Å². The number of rotatable bonds is 5. The van der Waals surface area contributed by atoms with E-state index in [0.29, 0.717) is 0 Å². The third kappa shape index (κ3) is 4.79. The molecule has 0 bridgehead atoms. The van der Waals surface area contributed by atoms with Crippen LogP contribution in [0.1, 0.15) is 0 Å². The van der Waals surface area contributed by atoms with Crippen LogP contribution in [-0.4, -0.2) is 13.7 Å². The van der Waals surface area contributed by atoms with Gasteiger partial charge in [-0.3, -0.25) is 0 Å². The van der Waals surface area contributed by atoms with E-state index < -0.39 is 0 Å². The summed E-state index contributed by atoms with van der Waals surface area (Å²) in [6, 6.07) is 77.4. The molecule has 0 spiro atoms. The Morgan fingerprint density at radius 2 is 0.719 bits per heavy atom. The van der Waals surface area contributed by atoms with Gasteiger partial charge in [0.25, 0.3) is 0 Å². The van der Waals surface area contributed by atoms with Gasteiger partial charge in [-0.25, -0.2) is 0 Å². The Bertz CT molecular complexity index is 3500. The SMILES string of the molecule is c1ccc(-c2cccc(-n3c4cc(-c5ccc6c(c5)c5ccccc5n6-c5ccccc5)ccc4c4ccc5c(c6ccccc6n5-c5ccccc5)c43)c2)cc1. The van der Waals surface area contributed by atoms with Crippen LogP contribution in [0.3, 0.4) is 0 Å². The molecule has 0 saturated heterocycles. The van der Waals surface area contributed by atoms with Gasteiger partial charge >= 0.3 is 0 Å². The lowest BCUT2D eigenvalue weighted by Crippen LogP contribution is -1.96. The van der Waals surface area contributed by atoms with Crippen molar-refractivity contribution in [3.8, 4) is 39.3 Å². The van der Waals surface area contributed by atoms with Crippen molar-refractivity contribution < 1.29 is 0 Å². The third-order valence-corrected chi connectivity index (χ3v) is 11.8. The zero-order chi connectivity index (χ0) is 37.5. The summed E-state index contributed by atoms with van der Waals surface area (Å²) < 4.78 is 7.32. The minimum absolute atomic E-state index is 1.14. The van der Waals surface area contributed by atoms with Gasteiger partial charge in [0.05, 0.1) is 33.1 Å². The van der Waals surface area contributed by atoms with Gasteiger partial charge in [0.15, 0.2) is 0 Å². The highest BCUT2D eigenvalue weighted by molar-refractivity contribution is 6.26. The predicted octanol–water partition coefficient (Wildman–Crippen LogP) is 14.3.